The lowest BCUT2D eigenvalue weighted by Gasteiger charge is -2.15. The highest BCUT2D eigenvalue weighted by molar-refractivity contribution is 7.89. The highest BCUT2D eigenvalue weighted by Crippen LogP contribution is 2.14. The molecule has 30 heavy (non-hydrogen) atoms. The Morgan fingerprint density at radius 3 is 2.17 bits per heavy atom. The Morgan fingerprint density at radius 1 is 1.03 bits per heavy atom. The highest BCUT2D eigenvalue weighted by Gasteiger charge is 2.21. The third-order valence-electron chi connectivity index (χ3n) is 3.74. The van der Waals surface area contributed by atoms with Crippen molar-refractivity contribution in [2.45, 2.75) is 24.8 Å². The molecule has 4 N–H and O–H groups in total. The van der Waals surface area contributed by atoms with Crippen LogP contribution in [0.4, 0.5) is 5.69 Å². The van der Waals surface area contributed by atoms with Crippen molar-refractivity contribution in [1.82, 2.24) is 5.32 Å². The first kappa shape index (κ1) is 22.8. The van der Waals surface area contributed by atoms with Gasteiger partial charge in [0, 0.05) is 12.6 Å². The standard InChI is InChI=1S/C20H21N3O6S/c1-13(19(25)23-16-8-10-17(11-9-16)30(21,27)28)29-20(26)18(22-14(2)24)12-15-6-4-3-5-7-15/h3-13H,1-2H3,(H,22,24)(H,23,25)(H2,21,27,28)/b18-12+. The van der Waals surface area contributed by atoms with E-state index in [1.54, 1.807) is 30.3 Å². The quantitative estimate of drug-likeness (QED) is 0.446. The normalized spacial score (nSPS) is 12.6. The van der Waals surface area contributed by atoms with Gasteiger partial charge in [-0.2, -0.15) is 0 Å². The molecule has 0 aliphatic heterocycles. The van der Waals surface area contributed by atoms with Crippen LogP contribution in [0.25, 0.3) is 6.08 Å². The minimum atomic E-state index is -3.85. The van der Waals surface area contributed by atoms with Gasteiger partial charge in [-0.25, -0.2) is 18.4 Å². The third-order valence-corrected chi connectivity index (χ3v) is 4.67. The number of hydrogen-bond donors (Lipinski definition) is 3. The number of primary sulfonamides is 1. The number of benzene rings is 2. The molecule has 1 unspecified atom stereocenters. The van der Waals surface area contributed by atoms with Crippen molar-refractivity contribution in [3.63, 3.8) is 0 Å². The van der Waals surface area contributed by atoms with Gasteiger partial charge in [-0.3, -0.25) is 9.59 Å². The molecule has 0 aliphatic carbocycles. The summed E-state index contributed by atoms with van der Waals surface area (Å²) in [6.45, 7) is 2.60. The van der Waals surface area contributed by atoms with E-state index in [1.165, 1.54) is 44.2 Å². The largest absolute Gasteiger partial charge is 0.448 e. The second-order valence-electron chi connectivity index (χ2n) is 6.26. The molecule has 2 aromatic rings. The molecule has 0 fully saturated rings. The Kier molecular flexibility index (Phi) is 7.45. The molecule has 0 aromatic heterocycles. The van der Waals surface area contributed by atoms with Gasteiger partial charge in [-0.15, -0.1) is 0 Å². The molecule has 2 amide bonds. The van der Waals surface area contributed by atoms with Crippen molar-refractivity contribution >= 4 is 39.6 Å². The van der Waals surface area contributed by atoms with E-state index in [0.717, 1.165) is 0 Å². The molecule has 0 bridgehead atoms. The molecule has 0 spiro atoms. The van der Waals surface area contributed by atoms with Crippen LogP contribution in [-0.2, 0) is 29.1 Å². The average molecular weight is 431 g/mol. The summed E-state index contributed by atoms with van der Waals surface area (Å²) in [5.74, 6) is -2.00. The lowest BCUT2D eigenvalue weighted by atomic mass is 10.2. The zero-order chi connectivity index (χ0) is 22.3. The van der Waals surface area contributed by atoms with Crippen LogP contribution in [0.1, 0.15) is 19.4 Å². The number of nitrogens with two attached hydrogens (primary N) is 1. The summed E-state index contributed by atoms with van der Waals surface area (Å²) >= 11 is 0. The molecule has 0 saturated carbocycles. The van der Waals surface area contributed by atoms with Crippen molar-refractivity contribution < 1.29 is 27.5 Å². The predicted octanol–water partition coefficient (Wildman–Crippen LogP) is 1.38. The topological polar surface area (TPSA) is 145 Å². The number of carbonyl (C=O) groups excluding carboxylic acids is 3. The lowest BCUT2D eigenvalue weighted by Crippen LogP contribution is -2.33. The van der Waals surface area contributed by atoms with Gasteiger partial charge < -0.3 is 15.4 Å². The molecule has 10 heteroatoms. The molecule has 2 rings (SSSR count). The second kappa shape index (κ2) is 9.81. The van der Waals surface area contributed by atoms with Crippen molar-refractivity contribution in [1.29, 1.82) is 0 Å². The van der Waals surface area contributed by atoms with E-state index in [-0.39, 0.29) is 16.3 Å². The van der Waals surface area contributed by atoms with E-state index in [4.69, 9.17) is 9.88 Å². The summed E-state index contributed by atoms with van der Waals surface area (Å²) in [5, 5.41) is 9.91. The van der Waals surface area contributed by atoms with Crippen LogP contribution < -0.4 is 15.8 Å². The number of nitrogens with one attached hydrogen (secondary N) is 2. The zero-order valence-corrected chi connectivity index (χ0v) is 17.1. The molecule has 0 heterocycles. The molecule has 1 atom stereocenters. The van der Waals surface area contributed by atoms with Gasteiger partial charge in [-0.1, -0.05) is 30.3 Å². The lowest BCUT2D eigenvalue weighted by molar-refractivity contribution is -0.149. The Morgan fingerprint density at radius 2 is 1.63 bits per heavy atom. The fourth-order valence-corrected chi connectivity index (χ4v) is 2.82. The first-order valence-corrected chi connectivity index (χ1v) is 10.3. The number of hydrogen-bond acceptors (Lipinski definition) is 6. The van der Waals surface area contributed by atoms with Crippen LogP contribution in [0.3, 0.4) is 0 Å². The molecule has 2 aromatic carbocycles. The number of ether oxygens (including phenoxy) is 1. The maximum Gasteiger partial charge on any atom is 0.355 e. The molecular formula is C20H21N3O6S. The van der Waals surface area contributed by atoms with Crippen molar-refractivity contribution in [2.75, 3.05) is 5.32 Å². The number of rotatable bonds is 7. The summed E-state index contributed by atoms with van der Waals surface area (Å²) < 4.78 is 27.7. The summed E-state index contributed by atoms with van der Waals surface area (Å²) in [4.78, 5) is 36.0. The van der Waals surface area contributed by atoms with Crippen LogP contribution >= 0.6 is 0 Å². The van der Waals surface area contributed by atoms with Gasteiger partial charge in [0.25, 0.3) is 5.91 Å². The molecule has 9 nitrogen and oxygen atoms in total. The average Bonchev–Trinajstić information content (AvgIpc) is 2.67. The van der Waals surface area contributed by atoms with E-state index < -0.39 is 33.9 Å². The second-order valence-corrected chi connectivity index (χ2v) is 7.82. The fourth-order valence-electron chi connectivity index (χ4n) is 2.30. The number of sulfonamides is 1. The zero-order valence-electron chi connectivity index (χ0n) is 16.3. The molecule has 0 aliphatic rings. The van der Waals surface area contributed by atoms with Crippen molar-refractivity contribution in [3.05, 3.63) is 65.9 Å². The number of amides is 2. The van der Waals surface area contributed by atoms with Crippen LogP contribution in [0, 0.1) is 0 Å². The van der Waals surface area contributed by atoms with Crippen molar-refractivity contribution in [2.24, 2.45) is 5.14 Å². The van der Waals surface area contributed by atoms with Gasteiger partial charge in [0.2, 0.25) is 15.9 Å². The first-order valence-electron chi connectivity index (χ1n) is 8.75. The Hall–Kier alpha value is -3.50. The van der Waals surface area contributed by atoms with E-state index in [2.05, 4.69) is 10.6 Å². The van der Waals surface area contributed by atoms with E-state index in [0.29, 0.717) is 5.56 Å². The van der Waals surface area contributed by atoms with Crippen LogP contribution in [0.15, 0.2) is 65.2 Å². The van der Waals surface area contributed by atoms with Crippen LogP contribution in [0.5, 0.6) is 0 Å². The summed E-state index contributed by atoms with van der Waals surface area (Å²) in [5.41, 5.74) is 0.827. The van der Waals surface area contributed by atoms with Crippen LogP contribution in [-0.4, -0.2) is 32.3 Å². The maximum atomic E-state index is 12.4. The summed E-state index contributed by atoms with van der Waals surface area (Å²) in [7, 11) is -3.85. The van der Waals surface area contributed by atoms with E-state index in [9.17, 15) is 22.8 Å². The minimum absolute atomic E-state index is 0.106. The Bertz CT molecular complexity index is 1060. The number of esters is 1. The van der Waals surface area contributed by atoms with Gasteiger partial charge >= 0.3 is 5.97 Å². The first-order chi connectivity index (χ1) is 14.1. The minimum Gasteiger partial charge on any atom is -0.448 e. The molecule has 0 saturated heterocycles. The Labute approximate surface area is 174 Å². The van der Waals surface area contributed by atoms with Gasteiger partial charge in [0.1, 0.15) is 5.70 Å². The fraction of sp³-hybridized carbons (Fsp3) is 0.150. The van der Waals surface area contributed by atoms with Gasteiger partial charge in [0.05, 0.1) is 4.90 Å². The number of anilines is 1. The predicted molar refractivity (Wildman–Crippen MR) is 110 cm³/mol. The maximum absolute atomic E-state index is 12.4. The smallest absolute Gasteiger partial charge is 0.355 e. The molecule has 158 valence electrons. The van der Waals surface area contributed by atoms with Crippen LogP contribution in [0.2, 0.25) is 0 Å². The third kappa shape index (κ3) is 6.83. The molecular weight excluding hydrogens is 410 g/mol. The van der Waals surface area contributed by atoms with Gasteiger partial charge in [-0.05, 0) is 42.8 Å². The number of carbonyl (C=O) groups is 3. The van der Waals surface area contributed by atoms with E-state index >= 15 is 0 Å². The van der Waals surface area contributed by atoms with E-state index in [1.807, 2.05) is 0 Å². The Balaban J connectivity index is 2.07. The van der Waals surface area contributed by atoms with Crippen molar-refractivity contribution in [3.8, 4) is 0 Å². The highest BCUT2D eigenvalue weighted by atomic mass is 32.2. The summed E-state index contributed by atoms with van der Waals surface area (Å²) in [6.07, 6.45) is 0.240. The summed E-state index contributed by atoms with van der Waals surface area (Å²) in [6, 6.07) is 14.0. The monoisotopic (exact) mass is 431 g/mol. The van der Waals surface area contributed by atoms with Gasteiger partial charge in [0.15, 0.2) is 6.10 Å². The molecule has 0 radical (unpaired) electrons. The SMILES string of the molecule is CC(=O)N/C(=C/c1ccccc1)C(=O)OC(C)C(=O)Nc1ccc(S(N)(=O)=O)cc1.